The van der Waals surface area contributed by atoms with Gasteiger partial charge in [0.15, 0.2) is 0 Å². The van der Waals surface area contributed by atoms with Gasteiger partial charge in [0.2, 0.25) is 0 Å². The van der Waals surface area contributed by atoms with Gasteiger partial charge in [-0.1, -0.05) is 12.1 Å². The molecule has 4 nitrogen and oxygen atoms in total. The van der Waals surface area contributed by atoms with E-state index in [9.17, 15) is 0 Å². The van der Waals surface area contributed by atoms with Crippen molar-refractivity contribution >= 4 is 22.3 Å². The summed E-state index contributed by atoms with van der Waals surface area (Å²) in [6, 6.07) is 8.50. The van der Waals surface area contributed by atoms with Crippen LogP contribution in [0.4, 0.5) is 0 Å². The van der Waals surface area contributed by atoms with Crippen LogP contribution >= 0.6 is 11.3 Å². The van der Waals surface area contributed by atoms with Gasteiger partial charge in [0, 0.05) is 30.4 Å². The van der Waals surface area contributed by atoms with E-state index >= 15 is 0 Å². The SMILES string of the molecule is c1cc2ccc(C[C@@H]3COCCN(Cc4cscn4)C3)cc2o1. The van der Waals surface area contributed by atoms with Crippen molar-refractivity contribution in [3.8, 4) is 0 Å². The summed E-state index contributed by atoms with van der Waals surface area (Å²) in [4.78, 5) is 6.86. The van der Waals surface area contributed by atoms with Crippen molar-refractivity contribution in [3.63, 3.8) is 0 Å². The summed E-state index contributed by atoms with van der Waals surface area (Å²) in [6.07, 6.45) is 2.77. The third-order valence-electron chi connectivity index (χ3n) is 4.34. The second kappa shape index (κ2) is 6.83. The monoisotopic (exact) mass is 328 g/mol. The van der Waals surface area contributed by atoms with Gasteiger partial charge in [0.1, 0.15) is 5.58 Å². The number of thiazole rings is 1. The summed E-state index contributed by atoms with van der Waals surface area (Å²) < 4.78 is 11.3. The average Bonchev–Trinajstić information content (AvgIpc) is 3.17. The van der Waals surface area contributed by atoms with Gasteiger partial charge in [0.05, 0.1) is 30.7 Å². The van der Waals surface area contributed by atoms with Crippen LogP contribution in [0.3, 0.4) is 0 Å². The highest BCUT2D eigenvalue weighted by atomic mass is 32.1. The first kappa shape index (κ1) is 14.9. The molecule has 2 aromatic heterocycles. The van der Waals surface area contributed by atoms with E-state index in [-0.39, 0.29) is 0 Å². The minimum Gasteiger partial charge on any atom is -0.464 e. The maximum absolute atomic E-state index is 5.82. The van der Waals surface area contributed by atoms with Gasteiger partial charge in [-0.05, 0) is 30.0 Å². The third kappa shape index (κ3) is 3.63. The highest BCUT2D eigenvalue weighted by molar-refractivity contribution is 7.07. The molecule has 1 saturated heterocycles. The van der Waals surface area contributed by atoms with Crippen molar-refractivity contribution in [2.45, 2.75) is 13.0 Å². The van der Waals surface area contributed by atoms with E-state index in [2.05, 4.69) is 33.5 Å². The summed E-state index contributed by atoms with van der Waals surface area (Å²) in [6.45, 7) is 4.57. The van der Waals surface area contributed by atoms with E-state index in [4.69, 9.17) is 9.15 Å². The molecule has 120 valence electrons. The van der Waals surface area contributed by atoms with Gasteiger partial charge >= 0.3 is 0 Å². The summed E-state index contributed by atoms with van der Waals surface area (Å²) >= 11 is 1.66. The Morgan fingerprint density at radius 3 is 3.22 bits per heavy atom. The van der Waals surface area contributed by atoms with Gasteiger partial charge in [-0.15, -0.1) is 11.3 Å². The topological polar surface area (TPSA) is 38.5 Å². The maximum Gasteiger partial charge on any atom is 0.134 e. The molecule has 0 saturated carbocycles. The molecule has 1 atom stereocenters. The van der Waals surface area contributed by atoms with Crippen molar-refractivity contribution < 1.29 is 9.15 Å². The molecular formula is C18H20N2O2S. The molecule has 0 aliphatic carbocycles. The normalized spacial score (nSPS) is 19.9. The standard InChI is InChI=1S/C18H20N2O2S/c1-2-16-3-5-22-18(16)8-14(1)7-15-9-20(4-6-21-11-15)10-17-12-23-13-19-17/h1-3,5,8,12-13,15H,4,6-7,9-11H2/t15-/m0/s1. The summed E-state index contributed by atoms with van der Waals surface area (Å²) in [5, 5.41) is 3.29. The first-order valence-electron chi connectivity index (χ1n) is 8.00. The number of nitrogens with zero attached hydrogens (tertiary/aromatic N) is 2. The number of rotatable bonds is 4. The lowest BCUT2D eigenvalue weighted by molar-refractivity contribution is 0.121. The minimum atomic E-state index is 0.503. The van der Waals surface area contributed by atoms with E-state index in [1.807, 2.05) is 11.6 Å². The number of fused-ring (bicyclic) bond motifs is 1. The molecule has 4 rings (SSSR count). The van der Waals surface area contributed by atoms with E-state index in [0.29, 0.717) is 5.92 Å². The number of aromatic nitrogens is 1. The molecule has 5 heteroatoms. The molecule has 1 aliphatic rings. The molecule has 0 amide bonds. The largest absolute Gasteiger partial charge is 0.464 e. The number of benzene rings is 1. The van der Waals surface area contributed by atoms with Crippen LogP contribution in [0.15, 0.2) is 45.8 Å². The number of hydrogen-bond acceptors (Lipinski definition) is 5. The Balaban J connectivity index is 1.44. The smallest absolute Gasteiger partial charge is 0.134 e. The van der Waals surface area contributed by atoms with Crippen LogP contribution in [0, 0.1) is 5.92 Å². The Hall–Kier alpha value is -1.69. The van der Waals surface area contributed by atoms with E-state index in [1.54, 1.807) is 17.6 Å². The van der Waals surface area contributed by atoms with E-state index in [0.717, 1.165) is 55.9 Å². The van der Waals surface area contributed by atoms with Crippen LogP contribution in [-0.4, -0.2) is 36.2 Å². The molecule has 1 aromatic carbocycles. The number of ether oxygens (including phenoxy) is 1. The second-order valence-corrected chi connectivity index (χ2v) is 6.87. The highest BCUT2D eigenvalue weighted by Gasteiger charge is 2.20. The predicted molar refractivity (Wildman–Crippen MR) is 91.6 cm³/mol. The molecule has 0 unspecified atom stereocenters. The Kier molecular flexibility index (Phi) is 4.41. The Labute approximate surface area is 139 Å². The van der Waals surface area contributed by atoms with Crippen LogP contribution in [0.2, 0.25) is 0 Å². The van der Waals surface area contributed by atoms with E-state index < -0.39 is 0 Å². The molecule has 0 bridgehead atoms. The highest BCUT2D eigenvalue weighted by Crippen LogP contribution is 2.21. The quantitative estimate of drug-likeness (QED) is 0.734. The van der Waals surface area contributed by atoms with Crippen molar-refractivity contribution in [2.75, 3.05) is 26.3 Å². The molecule has 0 N–H and O–H groups in total. The third-order valence-corrected chi connectivity index (χ3v) is 4.97. The molecule has 1 aliphatic heterocycles. The molecule has 23 heavy (non-hydrogen) atoms. The fourth-order valence-corrected chi connectivity index (χ4v) is 3.77. The van der Waals surface area contributed by atoms with Gasteiger partial charge in [0.25, 0.3) is 0 Å². The van der Waals surface area contributed by atoms with Crippen LogP contribution in [0.25, 0.3) is 11.0 Å². The first-order valence-corrected chi connectivity index (χ1v) is 8.94. The fourth-order valence-electron chi connectivity index (χ4n) is 3.22. The van der Waals surface area contributed by atoms with Gasteiger partial charge in [-0.3, -0.25) is 4.90 Å². The Bertz CT molecular complexity index is 753. The number of furan rings is 1. The molecular weight excluding hydrogens is 308 g/mol. The van der Waals surface area contributed by atoms with E-state index in [1.165, 1.54) is 5.56 Å². The fraction of sp³-hybridized carbons (Fsp3) is 0.389. The number of hydrogen-bond donors (Lipinski definition) is 0. The molecule has 1 fully saturated rings. The van der Waals surface area contributed by atoms with Crippen molar-refractivity contribution in [1.82, 2.24) is 9.88 Å². The first-order chi connectivity index (χ1) is 11.4. The summed E-state index contributed by atoms with van der Waals surface area (Å²) in [5.41, 5.74) is 5.35. The Morgan fingerprint density at radius 2 is 2.30 bits per heavy atom. The molecule has 0 radical (unpaired) electrons. The Morgan fingerprint density at radius 1 is 1.30 bits per heavy atom. The van der Waals surface area contributed by atoms with Gasteiger partial charge in [-0.2, -0.15) is 0 Å². The lowest BCUT2D eigenvalue weighted by Gasteiger charge is -2.22. The van der Waals surface area contributed by atoms with Crippen molar-refractivity contribution in [1.29, 1.82) is 0 Å². The van der Waals surface area contributed by atoms with Crippen LogP contribution in [0.5, 0.6) is 0 Å². The van der Waals surface area contributed by atoms with Crippen molar-refractivity contribution in [2.24, 2.45) is 5.92 Å². The zero-order valence-corrected chi connectivity index (χ0v) is 13.8. The van der Waals surface area contributed by atoms with Crippen LogP contribution < -0.4 is 0 Å². The van der Waals surface area contributed by atoms with Gasteiger partial charge < -0.3 is 9.15 Å². The lowest BCUT2D eigenvalue weighted by atomic mass is 9.99. The van der Waals surface area contributed by atoms with Gasteiger partial charge in [-0.25, -0.2) is 4.98 Å². The zero-order valence-electron chi connectivity index (χ0n) is 13.0. The van der Waals surface area contributed by atoms with Crippen LogP contribution in [0.1, 0.15) is 11.3 Å². The maximum atomic E-state index is 5.82. The average molecular weight is 328 g/mol. The van der Waals surface area contributed by atoms with Crippen molar-refractivity contribution in [3.05, 3.63) is 52.7 Å². The second-order valence-electron chi connectivity index (χ2n) is 6.15. The minimum absolute atomic E-state index is 0.503. The summed E-state index contributed by atoms with van der Waals surface area (Å²) in [7, 11) is 0. The van der Waals surface area contributed by atoms with Crippen LogP contribution in [-0.2, 0) is 17.7 Å². The molecule has 3 aromatic rings. The summed E-state index contributed by atoms with van der Waals surface area (Å²) in [5.74, 6) is 0.503. The molecule has 3 heterocycles. The predicted octanol–water partition coefficient (Wildman–Crippen LogP) is 3.58. The lowest BCUT2D eigenvalue weighted by Crippen LogP contribution is -2.30. The zero-order chi connectivity index (χ0) is 15.5. The molecule has 0 spiro atoms.